The van der Waals surface area contributed by atoms with Crippen LogP contribution in [0.25, 0.3) is 16.8 Å². The molecule has 1 N–H and O–H groups in total. The number of fused-ring (bicyclic) bond motifs is 1. The minimum atomic E-state index is 0.504. The number of aromatic nitrogens is 5. The summed E-state index contributed by atoms with van der Waals surface area (Å²) in [5, 5.41) is 20.6. The van der Waals surface area contributed by atoms with Crippen LogP contribution in [0, 0.1) is 11.3 Å². The van der Waals surface area contributed by atoms with Crippen molar-refractivity contribution in [2.45, 2.75) is 12.8 Å². The highest BCUT2D eigenvalue weighted by atomic mass is 16.5. The molecule has 0 atom stereocenters. The maximum atomic E-state index is 8.92. The number of benzene rings is 1. The van der Waals surface area contributed by atoms with Crippen LogP contribution in [0.5, 0.6) is 0 Å². The summed E-state index contributed by atoms with van der Waals surface area (Å²) in [4.78, 5) is 4.57. The summed E-state index contributed by atoms with van der Waals surface area (Å²) in [7, 11) is 1.85. The van der Waals surface area contributed by atoms with E-state index in [1.165, 1.54) is 12.8 Å². The van der Waals surface area contributed by atoms with Crippen LogP contribution in [0.2, 0.25) is 0 Å². The fourth-order valence-electron chi connectivity index (χ4n) is 3.03. The van der Waals surface area contributed by atoms with E-state index >= 15 is 0 Å². The molecule has 0 bridgehead atoms. The third kappa shape index (κ3) is 4.42. The number of nitrogens with zero attached hydrogens (tertiary/aromatic N) is 6. The van der Waals surface area contributed by atoms with Crippen molar-refractivity contribution in [1.29, 1.82) is 5.26 Å². The molecule has 0 aliphatic carbocycles. The van der Waals surface area contributed by atoms with E-state index in [9.17, 15) is 0 Å². The van der Waals surface area contributed by atoms with Crippen LogP contribution in [0.4, 0.5) is 11.6 Å². The summed E-state index contributed by atoms with van der Waals surface area (Å²) in [6.45, 7) is 2.00. The number of nitriles is 1. The van der Waals surface area contributed by atoms with Gasteiger partial charge in [0.05, 0.1) is 23.5 Å². The minimum absolute atomic E-state index is 0.504. The Labute approximate surface area is 168 Å². The molecular formula is C21H21N7O. The largest absolute Gasteiger partial charge is 0.381 e. The van der Waals surface area contributed by atoms with Crippen LogP contribution >= 0.6 is 0 Å². The van der Waals surface area contributed by atoms with Crippen molar-refractivity contribution in [3.8, 4) is 17.2 Å². The topological polar surface area (TPSA) is 93.1 Å². The van der Waals surface area contributed by atoms with Gasteiger partial charge in [-0.25, -0.2) is 4.52 Å². The molecule has 1 aliphatic heterocycles. The van der Waals surface area contributed by atoms with Crippen molar-refractivity contribution in [1.82, 2.24) is 24.4 Å². The molecule has 0 saturated carbocycles. The molecule has 1 fully saturated rings. The molecule has 5 rings (SSSR count). The van der Waals surface area contributed by atoms with Gasteiger partial charge >= 0.3 is 0 Å². The summed E-state index contributed by atoms with van der Waals surface area (Å²) in [5.41, 5.74) is 4.14. The van der Waals surface area contributed by atoms with Gasteiger partial charge in [-0.1, -0.05) is 12.1 Å². The van der Waals surface area contributed by atoms with Crippen LogP contribution in [0.3, 0.4) is 0 Å². The van der Waals surface area contributed by atoms with Gasteiger partial charge < -0.3 is 10.1 Å². The van der Waals surface area contributed by atoms with E-state index in [1.807, 2.05) is 43.7 Å². The normalized spacial score (nSPS) is 13.0. The Morgan fingerprint density at radius 3 is 2.55 bits per heavy atom. The van der Waals surface area contributed by atoms with E-state index in [0.29, 0.717) is 11.5 Å². The van der Waals surface area contributed by atoms with Crippen molar-refractivity contribution in [3.05, 3.63) is 60.6 Å². The van der Waals surface area contributed by atoms with Crippen molar-refractivity contribution < 1.29 is 4.74 Å². The van der Waals surface area contributed by atoms with E-state index in [4.69, 9.17) is 10.00 Å². The standard InChI is InChI=1S/C17H13N7.C4H8O/c1-23-11-14(10-19-23)20-17-21-16-15(3-2-8-24(16)22-17)13-6-4-12(9-18)5-7-13;1-2-4-5-3-1/h2-8,10-11H,1H3,(H,20,22);1-4H2. The van der Waals surface area contributed by atoms with Crippen LogP contribution in [-0.2, 0) is 11.8 Å². The lowest BCUT2D eigenvalue weighted by Gasteiger charge is -2.02. The number of nitrogens with one attached hydrogen (secondary N) is 1. The summed E-state index contributed by atoms with van der Waals surface area (Å²) in [6, 6.07) is 13.4. The van der Waals surface area contributed by atoms with E-state index in [0.717, 1.165) is 35.7 Å². The first kappa shape index (κ1) is 18.7. The number of aryl methyl sites for hydroxylation is 1. The third-order valence-corrected chi connectivity index (χ3v) is 4.48. The molecule has 8 heteroatoms. The van der Waals surface area contributed by atoms with Gasteiger partial charge in [-0.05, 0) is 42.7 Å². The van der Waals surface area contributed by atoms with Gasteiger partial charge in [0.1, 0.15) is 0 Å². The molecule has 0 unspecified atom stereocenters. The molecule has 4 heterocycles. The molecule has 1 aliphatic rings. The highest BCUT2D eigenvalue weighted by Crippen LogP contribution is 2.25. The first-order valence-corrected chi connectivity index (χ1v) is 9.42. The first-order chi connectivity index (χ1) is 14.2. The van der Waals surface area contributed by atoms with Crippen LogP contribution in [0.1, 0.15) is 18.4 Å². The molecule has 146 valence electrons. The minimum Gasteiger partial charge on any atom is -0.381 e. The number of ether oxygens (including phenoxy) is 1. The fourth-order valence-corrected chi connectivity index (χ4v) is 3.03. The van der Waals surface area contributed by atoms with Crippen molar-refractivity contribution in [2.75, 3.05) is 18.5 Å². The Morgan fingerprint density at radius 1 is 1.14 bits per heavy atom. The molecule has 0 amide bonds. The zero-order valence-corrected chi connectivity index (χ0v) is 16.1. The third-order valence-electron chi connectivity index (χ3n) is 4.48. The highest BCUT2D eigenvalue weighted by Gasteiger charge is 2.10. The smallest absolute Gasteiger partial charge is 0.247 e. The molecular weight excluding hydrogens is 366 g/mol. The zero-order chi connectivity index (χ0) is 20.1. The van der Waals surface area contributed by atoms with Gasteiger partial charge in [0.25, 0.3) is 0 Å². The Kier molecular flexibility index (Phi) is 5.49. The van der Waals surface area contributed by atoms with E-state index in [1.54, 1.807) is 27.5 Å². The van der Waals surface area contributed by atoms with Crippen LogP contribution in [-0.4, -0.2) is 37.6 Å². The van der Waals surface area contributed by atoms with Gasteiger partial charge in [0.15, 0.2) is 5.65 Å². The van der Waals surface area contributed by atoms with Crippen molar-refractivity contribution >= 4 is 17.3 Å². The van der Waals surface area contributed by atoms with Crippen LogP contribution in [0.15, 0.2) is 55.0 Å². The van der Waals surface area contributed by atoms with E-state index < -0.39 is 0 Å². The summed E-state index contributed by atoms with van der Waals surface area (Å²) in [6.07, 6.45) is 7.98. The Balaban J connectivity index is 0.000000359. The Bertz CT molecular complexity index is 1130. The van der Waals surface area contributed by atoms with Gasteiger partial charge in [-0.3, -0.25) is 4.68 Å². The lowest BCUT2D eigenvalue weighted by Crippen LogP contribution is -1.92. The van der Waals surface area contributed by atoms with Crippen molar-refractivity contribution in [3.63, 3.8) is 0 Å². The monoisotopic (exact) mass is 387 g/mol. The quantitative estimate of drug-likeness (QED) is 0.578. The number of anilines is 2. The van der Waals surface area contributed by atoms with Crippen LogP contribution < -0.4 is 5.32 Å². The summed E-state index contributed by atoms with van der Waals surface area (Å²) >= 11 is 0. The number of pyridine rings is 1. The second-order valence-electron chi connectivity index (χ2n) is 6.66. The predicted molar refractivity (Wildman–Crippen MR) is 110 cm³/mol. The highest BCUT2D eigenvalue weighted by molar-refractivity contribution is 5.78. The maximum absolute atomic E-state index is 8.92. The van der Waals surface area contributed by atoms with E-state index in [-0.39, 0.29) is 0 Å². The number of hydrogen-bond donors (Lipinski definition) is 1. The molecule has 0 spiro atoms. The Hall–Kier alpha value is -3.70. The van der Waals surface area contributed by atoms with E-state index in [2.05, 4.69) is 26.6 Å². The summed E-state index contributed by atoms with van der Waals surface area (Å²) < 4.78 is 8.38. The number of rotatable bonds is 3. The molecule has 3 aromatic heterocycles. The molecule has 1 saturated heterocycles. The Morgan fingerprint density at radius 2 is 1.93 bits per heavy atom. The molecule has 4 aromatic rings. The van der Waals surface area contributed by atoms with Gasteiger partial charge in [-0.2, -0.15) is 15.3 Å². The molecule has 0 radical (unpaired) electrons. The molecule has 29 heavy (non-hydrogen) atoms. The number of hydrogen-bond acceptors (Lipinski definition) is 6. The summed E-state index contributed by atoms with van der Waals surface area (Å²) in [5.74, 6) is 0.504. The van der Waals surface area contributed by atoms with Gasteiger partial charge in [0.2, 0.25) is 5.95 Å². The molecule has 1 aromatic carbocycles. The average molecular weight is 387 g/mol. The predicted octanol–water partition coefficient (Wildman–Crippen LogP) is 3.54. The second kappa shape index (κ2) is 8.54. The first-order valence-electron chi connectivity index (χ1n) is 9.42. The van der Waals surface area contributed by atoms with Gasteiger partial charge in [0, 0.05) is 38.2 Å². The van der Waals surface area contributed by atoms with Crippen molar-refractivity contribution in [2.24, 2.45) is 7.05 Å². The molecule has 8 nitrogen and oxygen atoms in total. The van der Waals surface area contributed by atoms with Gasteiger partial charge in [-0.15, -0.1) is 5.10 Å². The average Bonchev–Trinajstić information content (AvgIpc) is 3.51. The second-order valence-corrected chi connectivity index (χ2v) is 6.66. The lowest BCUT2D eigenvalue weighted by molar-refractivity contribution is 0.198. The SMILES string of the molecule is C1CCOC1.Cn1cc(Nc2nc3c(-c4ccc(C#N)cc4)cccn3n2)cn1. The zero-order valence-electron chi connectivity index (χ0n) is 16.1. The maximum Gasteiger partial charge on any atom is 0.247 e. The fraction of sp³-hybridized carbons (Fsp3) is 0.238. The lowest BCUT2D eigenvalue weighted by atomic mass is 10.1.